The monoisotopic (exact) mass is 325 g/mol. The van der Waals surface area contributed by atoms with E-state index in [-0.39, 0.29) is 0 Å². The predicted molar refractivity (Wildman–Crippen MR) is 88.5 cm³/mol. The molecular formula is C18H25ClFNO. The van der Waals surface area contributed by atoms with Gasteiger partial charge in [0.05, 0.1) is 7.11 Å². The largest absolute Gasteiger partial charge is 0.496 e. The molecule has 1 heterocycles. The third-order valence-electron chi connectivity index (χ3n) is 5.33. The second kappa shape index (κ2) is 6.76. The summed E-state index contributed by atoms with van der Waals surface area (Å²) in [5.74, 6) is 0.609. The van der Waals surface area contributed by atoms with Gasteiger partial charge >= 0.3 is 0 Å². The fourth-order valence-corrected chi connectivity index (χ4v) is 4.16. The molecule has 4 heteroatoms. The smallest absolute Gasteiger partial charge is 0.142 e. The fourth-order valence-electron chi connectivity index (χ4n) is 3.99. The van der Waals surface area contributed by atoms with E-state index in [1.165, 1.54) is 32.1 Å². The van der Waals surface area contributed by atoms with Crippen molar-refractivity contribution < 1.29 is 9.13 Å². The van der Waals surface area contributed by atoms with Gasteiger partial charge in [-0.05, 0) is 43.9 Å². The average Bonchev–Trinajstić information content (AvgIpc) is 2.56. The number of benzene rings is 1. The quantitative estimate of drug-likeness (QED) is 0.780. The van der Waals surface area contributed by atoms with Crippen LogP contribution in [-0.4, -0.2) is 31.1 Å². The summed E-state index contributed by atoms with van der Waals surface area (Å²) in [6.45, 7) is 1.66. The van der Waals surface area contributed by atoms with E-state index < -0.39 is 5.67 Å². The van der Waals surface area contributed by atoms with Crippen LogP contribution in [0, 0.1) is 0 Å². The summed E-state index contributed by atoms with van der Waals surface area (Å²) in [7, 11) is 1.59. The van der Waals surface area contributed by atoms with E-state index in [0.717, 1.165) is 13.1 Å². The molecule has 1 aromatic carbocycles. The minimum absolute atomic E-state index is 0.528. The topological polar surface area (TPSA) is 12.5 Å². The summed E-state index contributed by atoms with van der Waals surface area (Å²) >= 11 is 6.07. The average molecular weight is 326 g/mol. The van der Waals surface area contributed by atoms with Gasteiger partial charge in [-0.25, -0.2) is 4.39 Å². The fraction of sp³-hybridized carbons (Fsp3) is 0.667. The second-order valence-electron chi connectivity index (χ2n) is 6.64. The number of nitrogens with zero attached hydrogens (tertiary/aromatic N) is 1. The van der Waals surface area contributed by atoms with Crippen LogP contribution < -0.4 is 4.74 Å². The maximum Gasteiger partial charge on any atom is 0.142 e. The van der Waals surface area contributed by atoms with Gasteiger partial charge in [0.25, 0.3) is 0 Å². The highest BCUT2D eigenvalue weighted by Gasteiger charge is 2.40. The molecule has 22 heavy (non-hydrogen) atoms. The van der Waals surface area contributed by atoms with Gasteiger partial charge in [0.1, 0.15) is 11.4 Å². The van der Waals surface area contributed by atoms with E-state index >= 15 is 4.39 Å². The van der Waals surface area contributed by atoms with E-state index in [9.17, 15) is 0 Å². The normalized spacial score (nSPS) is 23.4. The summed E-state index contributed by atoms with van der Waals surface area (Å²) in [5, 5.41) is 0.572. The molecule has 0 bridgehead atoms. The number of ether oxygens (including phenoxy) is 1. The van der Waals surface area contributed by atoms with Crippen LogP contribution in [0.3, 0.4) is 0 Å². The number of alkyl halides is 1. The van der Waals surface area contributed by atoms with Crippen LogP contribution in [0.25, 0.3) is 0 Å². The van der Waals surface area contributed by atoms with Crippen molar-refractivity contribution in [1.82, 2.24) is 4.90 Å². The molecule has 1 aromatic rings. The third-order valence-corrected chi connectivity index (χ3v) is 5.56. The molecule has 0 radical (unpaired) electrons. The first kappa shape index (κ1) is 16.1. The van der Waals surface area contributed by atoms with E-state index in [0.29, 0.717) is 35.2 Å². The molecule has 2 aliphatic rings. The molecule has 2 nitrogen and oxygen atoms in total. The molecule has 3 rings (SSSR count). The zero-order valence-electron chi connectivity index (χ0n) is 13.3. The number of likely N-dealkylation sites (tertiary alicyclic amines) is 1. The molecule has 0 unspecified atom stereocenters. The molecule has 0 atom stereocenters. The van der Waals surface area contributed by atoms with Crippen LogP contribution in [0.15, 0.2) is 18.2 Å². The van der Waals surface area contributed by atoms with Crippen molar-refractivity contribution in [2.75, 3.05) is 20.2 Å². The standard InChI is InChI=1S/C18H25ClFNO/c1-22-17-8-7-14(19)13-16(17)18(20)9-11-21(12-10-18)15-5-3-2-4-6-15/h7-8,13,15H,2-6,9-12H2,1H3. The lowest BCUT2D eigenvalue weighted by atomic mass is 9.84. The number of piperidine rings is 1. The number of methoxy groups -OCH3 is 1. The van der Waals surface area contributed by atoms with Crippen LogP contribution in [0.2, 0.25) is 5.02 Å². The zero-order chi connectivity index (χ0) is 15.6. The molecule has 1 saturated heterocycles. The Labute approximate surface area is 137 Å². The molecule has 1 aliphatic heterocycles. The molecular weight excluding hydrogens is 301 g/mol. The van der Waals surface area contributed by atoms with E-state index in [2.05, 4.69) is 4.90 Å². The lowest BCUT2D eigenvalue weighted by Crippen LogP contribution is -2.46. The minimum Gasteiger partial charge on any atom is -0.496 e. The lowest BCUT2D eigenvalue weighted by molar-refractivity contribution is 0.0255. The Hall–Kier alpha value is -0.800. The first-order valence-electron chi connectivity index (χ1n) is 8.39. The lowest BCUT2D eigenvalue weighted by Gasteiger charge is -2.42. The first-order valence-corrected chi connectivity index (χ1v) is 8.77. The number of halogens is 2. The second-order valence-corrected chi connectivity index (χ2v) is 7.07. The molecule has 0 amide bonds. The molecule has 122 valence electrons. The Morgan fingerprint density at radius 1 is 1.18 bits per heavy atom. The van der Waals surface area contributed by atoms with Crippen molar-refractivity contribution in [2.24, 2.45) is 0 Å². The molecule has 0 aromatic heterocycles. The summed E-state index contributed by atoms with van der Waals surface area (Å²) in [4.78, 5) is 2.49. The van der Waals surface area contributed by atoms with Crippen LogP contribution >= 0.6 is 11.6 Å². The number of hydrogen-bond acceptors (Lipinski definition) is 2. The Morgan fingerprint density at radius 3 is 2.50 bits per heavy atom. The van der Waals surface area contributed by atoms with Crippen molar-refractivity contribution in [3.05, 3.63) is 28.8 Å². The summed E-state index contributed by atoms with van der Waals surface area (Å²) < 4.78 is 20.9. The molecule has 2 fully saturated rings. The highest BCUT2D eigenvalue weighted by atomic mass is 35.5. The highest BCUT2D eigenvalue weighted by molar-refractivity contribution is 6.30. The van der Waals surface area contributed by atoms with E-state index in [4.69, 9.17) is 16.3 Å². The van der Waals surface area contributed by atoms with Gasteiger partial charge in [-0.15, -0.1) is 0 Å². The maximum absolute atomic E-state index is 15.5. The Kier molecular flexibility index (Phi) is 4.94. The molecule has 1 aliphatic carbocycles. The third kappa shape index (κ3) is 3.26. The van der Waals surface area contributed by atoms with Crippen molar-refractivity contribution in [1.29, 1.82) is 0 Å². The van der Waals surface area contributed by atoms with Gasteiger partial charge in [0, 0.05) is 29.7 Å². The maximum atomic E-state index is 15.5. The van der Waals surface area contributed by atoms with Crippen LogP contribution in [0.1, 0.15) is 50.5 Å². The predicted octanol–water partition coefficient (Wildman–Crippen LogP) is 4.94. The van der Waals surface area contributed by atoms with Crippen molar-refractivity contribution in [3.63, 3.8) is 0 Å². The van der Waals surface area contributed by atoms with Gasteiger partial charge < -0.3 is 9.64 Å². The van der Waals surface area contributed by atoms with E-state index in [1.54, 1.807) is 25.3 Å². The highest BCUT2D eigenvalue weighted by Crippen LogP contribution is 2.43. The Balaban J connectivity index is 1.72. The van der Waals surface area contributed by atoms with Gasteiger partial charge in [0.2, 0.25) is 0 Å². The minimum atomic E-state index is -1.32. The van der Waals surface area contributed by atoms with Crippen molar-refractivity contribution in [3.8, 4) is 5.75 Å². The van der Waals surface area contributed by atoms with Gasteiger partial charge in [-0.3, -0.25) is 0 Å². The summed E-state index contributed by atoms with van der Waals surface area (Å²) in [6.07, 6.45) is 7.62. The Bertz CT molecular complexity index is 508. The Morgan fingerprint density at radius 2 is 1.86 bits per heavy atom. The first-order chi connectivity index (χ1) is 10.6. The van der Waals surface area contributed by atoms with Crippen molar-refractivity contribution in [2.45, 2.75) is 56.7 Å². The molecule has 0 N–H and O–H groups in total. The molecule has 0 spiro atoms. The molecule has 1 saturated carbocycles. The summed E-state index contributed by atoms with van der Waals surface area (Å²) in [5.41, 5.74) is -0.702. The van der Waals surface area contributed by atoms with Gasteiger partial charge in [0.15, 0.2) is 0 Å². The van der Waals surface area contributed by atoms with Crippen LogP contribution in [0.5, 0.6) is 5.75 Å². The van der Waals surface area contributed by atoms with E-state index in [1.807, 2.05) is 0 Å². The number of rotatable bonds is 3. The summed E-state index contributed by atoms with van der Waals surface area (Å²) in [6, 6.07) is 5.92. The van der Waals surface area contributed by atoms with Crippen molar-refractivity contribution >= 4 is 11.6 Å². The van der Waals surface area contributed by atoms with Gasteiger partial charge in [-0.2, -0.15) is 0 Å². The number of hydrogen-bond donors (Lipinski definition) is 0. The van der Waals surface area contributed by atoms with Gasteiger partial charge in [-0.1, -0.05) is 30.9 Å². The van der Waals surface area contributed by atoms with Crippen LogP contribution in [-0.2, 0) is 5.67 Å². The SMILES string of the molecule is COc1ccc(Cl)cc1C1(F)CCN(C2CCCCC2)CC1. The van der Waals surface area contributed by atoms with Crippen LogP contribution in [0.4, 0.5) is 4.39 Å². The zero-order valence-corrected chi connectivity index (χ0v) is 14.0.